The molecule has 0 saturated heterocycles. The molecule has 0 aliphatic heterocycles. The number of hydrogen-bond donors (Lipinski definition) is 0. The number of methoxy groups -OCH3 is 2. The maximum absolute atomic E-state index is 12.5. The molecule has 1 aromatic carbocycles. The highest BCUT2D eigenvalue weighted by molar-refractivity contribution is 6.37. The van der Waals surface area contributed by atoms with Crippen LogP contribution in [-0.4, -0.2) is 55.8 Å². The van der Waals surface area contributed by atoms with Gasteiger partial charge in [-0.05, 0) is 24.3 Å². The van der Waals surface area contributed by atoms with Gasteiger partial charge in [-0.3, -0.25) is 0 Å². The van der Waals surface area contributed by atoms with Gasteiger partial charge < -0.3 is 20.8 Å². The van der Waals surface area contributed by atoms with Crippen molar-refractivity contribution in [1.29, 1.82) is 0 Å². The summed E-state index contributed by atoms with van der Waals surface area (Å²) in [6.45, 7) is 1.29. The van der Waals surface area contributed by atoms with Crippen LogP contribution in [-0.2, 0) is 23.2 Å². The lowest BCUT2D eigenvalue weighted by atomic mass is 10.2. The van der Waals surface area contributed by atoms with E-state index in [1.807, 2.05) is 0 Å². The summed E-state index contributed by atoms with van der Waals surface area (Å²) < 4.78 is 63.5. The fourth-order valence-corrected chi connectivity index (χ4v) is 2.59. The van der Waals surface area contributed by atoms with Crippen LogP contribution in [0, 0.1) is 0 Å². The highest BCUT2D eigenvalue weighted by atomic mass is 27.3. The molecule has 0 fully saturated rings. The second-order valence-corrected chi connectivity index (χ2v) is 5.64. The number of rotatable bonds is 10. The zero-order chi connectivity index (χ0) is 16.4. The summed E-state index contributed by atoms with van der Waals surface area (Å²) in [4.78, 5) is 0. The molecule has 0 aromatic heterocycles. The molecular formula is C13H18AlF3O5. The van der Waals surface area contributed by atoms with Crippen LogP contribution < -0.4 is 3.79 Å². The van der Waals surface area contributed by atoms with Gasteiger partial charge >= 0.3 is 21.3 Å². The minimum atomic E-state index is -4.38. The molecule has 1 rings (SSSR count). The Morgan fingerprint density at radius 1 is 0.864 bits per heavy atom. The van der Waals surface area contributed by atoms with Crippen molar-refractivity contribution in [2.75, 3.05) is 40.6 Å². The van der Waals surface area contributed by atoms with Crippen LogP contribution in [0.4, 0.5) is 13.2 Å². The monoisotopic (exact) mass is 338 g/mol. The van der Waals surface area contributed by atoms with Crippen molar-refractivity contribution in [2.45, 2.75) is 6.18 Å². The van der Waals surface area contributed by atoms with Gasteiger partial charge in [-0.2, -0.15) is 13.2 Å². The Hall–Kier alpha value is -0.818. The SMILES string of the molecule is COCC[O][Al]([O]CCOC)[O]c1ccc(C(F)(F)F)cc1. The zero-order valence-corrected chi connectivity index (χ0v) is 13.5. The predicted molar refractivity (Wildman–Crippen MR) is 73.5 cm³/mol. The molecule has 0 amide bonds. The molecule has 0 atom stereocenters. The summed E-state index contributed by atoms with van der Waals surface area (Å²) in [7, 11) is 3.06. The molecule has 0 bridgehead atoms. The number of hydrogen-bond acceptors (Lipinski definition) is 5. The van der Waals surface area contributed by atoms with Gasteiger partial charge in [0.2, 0.25) is 0 Å². The van der Waals surface area contributed by atoms with E-state index in [4.69, 9.17) is 20.8 Å². The Morgan fingerprint density at radius 3 is 1.77 bits per heavy atom. The van der Waals surface area contributed by atoms with Crippen molar-refractivity contribution < 1.29 is 34.0 Å². The summed E-state index contributed by atoms with van der Waals surface area (Å²) in [5, 5.41) is 0. The molecule has 124 valence electrons. The fraction of sp³-hybridized carbons (Fsp3) is 0.538. The van der Waals surface area contributed by atoms with Crippen LogP contribution in [0.1, 0.15) is 5.56 Å². The first-order valence-corrected chi connectivity index (χ1v) is 7.93. The van der Waals surface area contributed by atoms with Gasteiger partial charge in [0.05, 0.1) is 24.5 Å². The Labute approximate surface area is 132 Å². The smallest absolute Gasteiger partial charge is 0.599 e. The minimum absolute atomic E-state index is 0.263. The highest BCUT2D eigenvalue weighted by Gasteiger charge is 2.35. The predicted octanol–water partition coefficient (Wildman–Crippen LogP) is 2.40. The second kappa shape index (κ2) is 10.1. The molecular weight excluding hydrogens is 320 g/mol. The van der Waals surface area contributed by atoms with Crippen molar-refractivity contribution in [3.63, 3.8) is 0 Å². The van der Waals surface area contributed by atoms with Gasteiger partial charge in [0.15, 0.2) is 0 Å². The van der Waals surface area contributed by atoms with Crippen LogP contribution in [0.25, 0.3) is 0 Å². The highest BCUT2D eigenvalue weighted by Crippen LogP contribution is 2.30. The molecule has 0 aliphatic rings. The molecule has 0 N–H and O–H groups in total. The van der Waals surface area contributed by atoms with Gasteiger partial charge in [0, 0.05) is 27.4 Å². The number of benzene rings is 1. The van der Waals surface area contributed by atoms with E-state index in [1.54, 1.807) is 0 Å². The zero-order valence-electron chi connectivity index (χ0n) is 12.4. The van der Waals surface area contributed by atoms with Crippen LogP contribution in [0.2, 0.25) is 0 Å². The van der Waals surface area contributed by atoms with Crippen LogP contribution >= 0.6 is 0 Å². The quantitative estimate of drug-likeness (QED) is 0.484. The van der Waals surface area contributed by atoms with Crippen molar-refractivity contribution in [3.8, 4) is 5.75 Å². The lowest BCUT2D eigenvalue weighted by Crippen LogP contribution is -2.33. The van der Waals surface area contributed by atoms with Crippen molar-refractivity contribution in [2.24, 2.45) is 0 Å². The van der Waals surface area contributed by atoms with Crippen LogP contribution in [0.5, 0.6) is 5.75 Å². The third-order valence-corrected chi connectivity index (χ3v) is 3.98. The first-order valence-electron chi connectivity index (χ1n) is 6.52. The average molecular weight is 338 g/mol. The van der Waals surface area contributed by atoms with Crippen molar-refractivity contribution >= 4 is 15.1 Å². The van der Waals surface area contributed by atoms with E-state index in [2.05, 4.69) is 0 Å². The van der Waals surface area contributed by atoms with E-state index >= 15 is 0 Å². The van der Waals surface area contributed by atoms with Crippen molar-refractivity contribution in [3.05, 3.63) is 29.8 Å². The van der Waals surface area contributed by atoms with E-state index in [0.717, 1.165) is 12.1 Å². The third kappa shape index (κ3) is 7.45. The normalized spacial score (nSPS) is 11.5. The van der Waals surface area contributed by atoms with Crippen LogP contribution in [0.15, 0.2) is 24.3 Å². The molecule has 0 aliphatic carbocycles. The van der Waals surface area contributed by atoms with E-state index in [0.29, 0.717) is 13.2 Å². The lowest BCUT2D eigenvalue weighted by Gasteiger charge is -2.15. The molecule has 0 radical (unpaired) electrons. The topological polar surface area (TPSA) is 46.2 Å². The van der Waals surface area contributed by atoms with E-state index in [-0.39, 0.29) is 19.0 Å². The van der Waals surface area contributed by atoms with Gasteiger partial charge in [0.25, 0.3) is 0 Å². The first-order chi connectivity index (χ1) is 10.5. The number of halogens is 3. The summed E-state index contributed by atoms with van der Waals surface area (Å²) in [5.74, 6) is 0.263. The summed E-state index contributed by atoms with van der Waals surface area (Å²) in [6.07, 6.45) is -4.38. The molecule has 9 heteroatoms. The Morgan fingerprint density at radius 2 is 1.36 bits per heavy atom. The van der Waals surface area contributed by atoms with Gasteiger partial charge in [-0.25, -0.2) is 0 Å². The lowest BCUT2D eigenvalue weighted by molar-refractivity contribution is -0.137. The maximum Gasteiger partial charge on any atom is 1.00 e. The molecule has 1 aromatic rings. The Balaban J connectivity index is 2.58. The van der Waals surface area contributed by atoms with Gasteiger partial charge in [0.1, 0.15) is 0 Å². The van der Waals surface area contributed by atoms with Crippen LogP contribution in [0.3, 0.4) is 0 Å². The molecule has 22 heavy (non-hydrogen) atoms. The summed E-state index contributed by atoms with van der Waals surface area (Å²) >= 11 is -2.52. The standard InChI is InChI=1S/C7H5F3O.2C3H7O2.Al/c8-7(9,10)5-1-3-6(11)4-2-5;2*1-5-3-2-4;/h1-4,11H;2*2-3H2,1H3;/q;2*-1;+3/p-1. The van der Waals surface area contributed by atoms with E-state index in [1.165, 1.54) is 26.4 Å². The first kappa shape index (κ1) is 19.2. The molecule has 0 spiro atoms. The van der Waals surface area contributed by atoms with Gasteiger partial charge in [-0.15, -0.1) is 0 Å². The summed E-state index contributed by atoms with van der Waals surface area (Å²) in [5.41, 5.74) is -0.737. The Bertz CT molecular complexity index is 403. The second-order valence-electron chi connectivity index (χ2n) is 4.16. The van der Waals surface area contributed by atoms with E-state index < -0.39 is 26.9 Å². The minimum Gasteiger partial charge on any atom is -0.599 e. The molecule has 5 nitrogen and oxygen atoms in total. The third-order valence-electron chi connectivity index (χ3n) is 2.50. The number of alkyl halides is 3. The van der Waals surface area contributed by atoms with Crippen molar-refractivity contribution in [1.82, 2.24) is 0 Å². The molecule has 0 unspecified atom stereocenters. The molecule has 0 saturated carbocycles. The fourth-order valence-electron chi connectivity index (χ4n) is 1.41. The largest absolute Gasteiger partial charge is 1.00 e. The number of ether oxygens (including phenoxy) is 2. The Kier molecular flexibility index (Phi) is 8.79. The van der Waals surface area contributed by atoms with E-state index in [9.17, 15) is 13.2 Å². The summed E-state index contributed by atoms with van der Waals surface area (Å²) in [6, 6.07) is 4.38. The maximum atomic E-state index is 12.5. The molecule has 0 heterocycles. The van der Waals surface area contributed by atoms with Gasteiger partial charge in [-0.1, -0.05) is 0 Å². The average Bonchev–Trinajstić information content (AvgIpc) is 2.47.